The van der Waals surface area contributed by atoms with Crippen molar-refractivity contribution < 1.29 is 0 Å². The van der Waals surface area contributed by atoms with Crippen LogP contribution in [0.4, 0.5) is 0 Å². The van der Waals surface area contributed by atoms with Crippen LogP contribution < -0.4 is 0 Å². The number of hydrogen-bond acceptors (Lipinski definition) is 0. The highest BCUT2D eigenvalue weighted by Gasteiger charge is 2.27. The summed E-state index contributed by atoms with van der Waals surface area (Å²) in [6.07, 6.45) is 6.88. The number of benzene rings is 1. The van der Waals surface area contributed by atoms with Crippen molar-refractivity contribution in [2.24, 2.45) is 11.3 Å². The van der Waals surface area contributed by atoms with Crippen molar-refractivity contribution in [1.29, 1.82) is 0 Å². The molecule has 0 heteroatoms. The summed E-state index contributed by atoms with van der Waals surface area (Å²) in [5, 5.41) is 0. The zero-order chi connectivity index (χ0) is 15.6. The monoisotopic (exact) mass is 274 g/mol. The smallest absolute Gasteiger partial charge is 0.0185 e. The third-order valence-electron chi connectivity index (χ3n) is 4.26. The molecule has 1 aromatic carbocycles. The second-order valence-electron chi connectivity index (χ2n) is 6.21. The standard InChI is InChI=1S/C18H28.C2H6/c1-6-7-11-16(3)18(4,5)14-15(2)17-12-9-8-10-13-17;1-2/h6-10,12-13,15-16H,11,14H2,1-5H3;1-2H3/b7-6-;. The van der Waals surface area contributed by atoms with Crippen molar-refractivity contribution in [2.75, 3.05) is 0 Å². The summed E-state index contributed by atoms with van der Waals surface area (Å²) < 4.78 is 0. The van der Waals surface area contributed by atoms with E-state index >= 15 is 0 Å². The summed E-state index contributed by atoms with van der Waals surface area (Å²) in [6.45, 7) is 15.6. The molecule has 0 fully saturated rings. The fraction of sp³-hybridized carbons (Fsp3) is 0.600. The molecule has 0 radical (unpaired) electrons. The first-order valence-electron chi connectivity index (χ1n) is 8.13. The lowest BCUT2D eigenvalue weighted by atomic mass is 9.71. The van der Waals surface area contributed by atoms with Crippen LogP contribution in [0.2, 0.25) is 0 Å². The molecule has 0 saturated heterocycles. The Labute approximate surface area is 127 Å². The topological polar surface area (TPSA) is 0 Å². The molecule has 114 valence electrons. The van der Waals surface area contributed by atoms with E-state index in [0.29, 0.717) is 11.3 Å². The largest absolute Gasteiger partial charge is 0.0917 e. The normalized spacial score (nSPS) is 14.6. The van der Waals surface area contributed by atoms with Gasteiger partial charge in [-0.25, -0.2) is 0 Å². The summed E-state index contributed by atoms with van der Waals surface area (Å²) >= 11 is 0. The van der Waals surface area contributed by atoms with Crippen LogP contribution in [0.15, 0.2) is 42.5 Å². The Morgan fingerprint density at radius 3 is 2.10 bits per heavy atom. The van der Waals surface area contributed by atoms with Gasteiger partial charge < -0.3 is 0 Å². The van der Waals surface area contributed by atoms with Crippen LogP contribution >= 0.6 is 0 Å². The van der Waals surface area contributed by atoms with Gasteiger partial charge in [0.2, 0.25) is 0 Å². The minimum absolute atomic E-state index is 0.384. The van der Waals surface area contributed by atoms with Gasteiger partial charge in [0.1, 0.15) is 0 Å². The average Bonchev–Trinajstić information content (AvgIpc) is 2.47. The quantitative estimate of drug-likeness (QED) is 0.498. The molecule has 2 atom stereocenters. The Hall–Kier alpha value is -1.04. The first kappa shape index (κ1) is 19.0. The molecule has 20 heavy (non-hydrogen) atoms. The molecule has 0 amide bonds. The van der Waals surface area contributed by atoms with Gasteiger partial charge in [0, 0.05) is 0 Å². The molecule has 0 aromatic heterocycles. The molecule has 0 N–H and O–H groups in total. The molecule has 0 aliphatic carbocycles. The van der Waals surface area contributed by atoms with Gasteiger partial charge in [-0.05, 0) is 42.6 Å². The summed E-state index contributed by atoms with van der Waals surface area (Å²) in [5.41, 5.74) is 1.85. The van der Waals surface area contributed by atoms with E-state index in [9.17, 15) is 0 Å². The van der Waals surface area contributed by atoms with Gasteiger partial charge in [0.15, 0.2) is 0 Å². The maximum absolute atomic E-state index is 2.40. The molecule has 0 bridgehead atoms. The second-order valence-corrected chi connectivity index (χ2v) is 6.21. The lowest BCUT2D eigenvalue weighted by Crippen LogP contribution is -2.23. The molecule has 0 heterocycles. The highest BCUT2D eigenvalue weighted by Crippen LogP contribution is 2.38. The van der Waals surface area contributed by atoms with Crippen molar-refractivity contribution in [3.63, 3.8) is 0 Å². The molecular weight excluding hydrogens is 240 g/mol. The lowest BCUT2D eigenvalue weighted by molar-refractivity contribution is 0.200. The van der Waals surface area contributed by atoms with Gasteiger partial charge in [-0.2, -0.15) is 0 Å². The Balaban J connectivity index is 0.00000172. The Kier molecular flexibility index (Phi) is 9.29. The van der Waals surface area contributed by atoms with Gasteiger partial charge in [-0.1, -0.05) is 84.0 Å². The van der Waals surface area contributed by atoms with E-state index in [1.807, 2.05) is 13.8 Å². The number of rotatable bonds is 6. The number of allylic oxidation sites excluding steroid dienone is 2. The number of hydrogen-bond donors (Lipinski definition) is 0. The van der Waals surface area contributed by atoms with Crippen LogP contribution in [0.3, 0.4) is 0 Å². The van der Waals surface area contributed by atoms with Crippen LogP contribution in [-0.2, 0) is 0 Å². The average molecular weight is 274 g/mol. The third kappa shape index (κ3) is 6.41. The third-order valence-corrected chi connectivity index (χ3v) is 4.26. The van der Waals surface area contributed by atoms with E-state index in [1.54, 1.807) is 0 Å². The van der Waals surface area contributed by atoms with Crippen molar-refractivity contribution >= 4 is 0 Å². The van der Waals surface area contributed by atoms with Crippen LogP contribution in [0.5, 0.6) is 0 Å². The fourth-order valence-electron chi connectivity index (χ4n) is 2.55. The molecule has 1 rings (SSSR count). The molecule has 0 saturated carbocycles. The maximum Gasteiger partial charge on any atom is -0.0185 e. The summed E-state index contributed by atoms with van der Waals surface area (Å²) in [4.78, 5) is 0. The molecule has 0 spiro atoms. The van der Waals surface area contributed by atoms with Crippen LogP contribution in [0.1, 0.15) is 72.8 Å². The van der Waals surface area contributed by atoms with Gasteiger partial charge in [-0.15, -0.1) is 0 Å². The predicted molar refractivity (Wildman–Crippen MR) is 93.2 cm³/mol. The first-order chi connectivity index (χ1) is 9.47. The van der Waals surface area contributed by atoms with Crippen LogP contribution in [0.25, 0.3) is 0 Å². The Morgan fingerprint density at radius 1 is 1.05 bits per heavy atom. The predicted octanol–water partition coefficient (Wildman–Crippen LogP) is 6.83. The minimum atomic E-state index is 0.384. The first-order valence-corrected chi connectivity index (χ1v) is 8.13. The summed E-state index contributed by atoms with van der Waals surface area (Å²) in [5.74, 6) is 1.36. The van der Waals surface area contributed by atoms with E-state index in [1.165, 1.54) is 18.4 Å². The van der Waals surface area contributed by atoms with E-state index in [2.05, 4.69) is 77.1 Å². The van der Waals surface area contributed by atoms with Gasteiger partial charge in [0.05, 0.1) is 0 Å². The molecule has 1 aromatic rings. The molecule has 2 unspecified atom stereocenters. The summed E-state index contributed by atoms with van der Waals surface area (Å²) in [6, 6.07) is 10.9. The molecule has 0 nitrogen and oxygen atoms in total. The van der Waals surface area contributed by atoms with Gasteiger partial charge >= 0.3 is 0 Å². The van der Waals surface area contributed by atoms with Crippen molar-refractivity contribution in [2.45, 2.75) is 67.2 Å². The van der Waals surface area contributed by atoms with E-state index < -0.39 is 0 Å². The molecular formula is C20H34. The van der Waals surface area contributed by atoms with Crippen LogP contribution in [-0.4, -0.2) is 0 Å². The highest BCUT2D eigenvalue weighted by atomic mass is 14.3. The highest BCUT2D eigenvalue weighted by molar-refractivity contribution is 5.19. The lowest BCUT2D eigenvalue weighted by Gasteiger charge is -2.34. The zero-order valence-electron chi connectivity index (χ0n) is 14.6. The second kappa shape index (κ2) is 9.80. The van der Waals surface area contributed by atoms with Gasteiger partial charge in [-0.3, -0.25) is 0 Å². The van der Waals surface area contributed by atoms with Crippen LogP contribution in [0, 0.1) is 11.3 Å². The van der Waals surface area contributed by atoms with E-state index in [0.717, 1.165) is 5.92 Å². The Bertz CT molecular complexity index is 359. The van der Waals surface area contributed by atoms with Crippen molar-refractivity contribution in [3.05, 3.63) is 48.0 Å². The maximum atomic E-state index is 2.40. The van der Waals surface area contributed by atoms with E-state index in [-0.39, 0.29) is 0 Å². The van der Waals surface area contributed by atoms with Crippen molar-refractivity contribution in [1.82, 2.24) is 0 Å². The SMILES string of the molecule is C/C=C\CC(C)C(C)(C)CC(C)c1ccccc1.CC. The van der Waals surface area contributed by atoms with E-state index in [4.69, 9.17) is 0 Å². The molecule has 0 aliphatic heterocycles. The fourth-order valence-corrected chi connectivity index (χ4v) is 2.55. The Morgan fingerprint density at radius 2 is 1.60 bits per heavy atom. The minimum Gasteiger partial charge on any atom is -0.0917 e. The molecule has 0 aliphatic rings. The van der Waals surface area contributed by atoms with Gasteiger partial charge in [0.25, 0.3) is 0 Å². The summed E-state index contributed by atoms with van der Waals surface area (Å²) in [7, 11) is 0. The van der Waals surface area contributed by atoms with Crippen molar-refractivity contribution in [3.8, 4) is 0 Å². The zero-order valence-corrected chi connectivity index (χ0v) is 14.6.